The summed E-state index contributed by atoms with van der Waals surface area (Å²) in [6.07, 6.45) is 0.848. The van der Waals surface area contributed by atoms with Gasteiger partial charge in [-0.05, 0) is 30.0 Å². The number of ether oxygens (including phenoxy) is 1. The molecule has 0 spiro atoms. The molecule has 0 saturated heterocycles. The summed E-state index contributed by atoms with van der Waals surface area (Å²) in [4.78, 5) is 23.0. The maximum atomic E-state index is 11.6. The number of rotatable bonds is 5. The second kappa shape index (κ2) is 6.46. The number of halogens is 2. The van der Waals surface area contributed by atoms with E-state index in [-0.39, 0.29) is 30.9 Å². The van der Waals surface area contributed by atoms with E-state index >= 15 is 0 Å². The lowest BCUT2D eigenvalue weighted by atomic mass is 10.2. The molecule has 4 nitrogen and oxygen atoms in total. The van der Waals surface area contributed by atoms with Crippen molar-refractivity contribution in [1.29, 1.82) is 0 Å². The Morgan fingerprint density at radius 1 is 1.40 bits per heavy atom. The largest absolute Gasteiger partial charge is 0.455 e. The molecule has 1 aliphatic carbocycles. The minimum Gasteiger partial charge on any atom is -0.455 e. The van der Waals surface area contributed by atoms with Crippen LogP contribution in [-0.4, -0.2) is 18.5 Å². The van der Waals surface area contributed by atoms with Gasteiger partial charge in [0.1, 0.15) is 0 Å². The average molecular weight is 316 g/mol. The van der Waals surface area contributed by atoms with Crippen molar-refractivity contribution < 1.29 is 14.3 Å². The van der Waals surface area contributed by atoms with Gasteiger partial charge in [0.15, 0.2) is 6.61 Å². The van der Waals surface area contributed by atoms with Crippen LogP contribution in [0.2, 0.25) is 10.0 Å². The van der Waals surface area contributed by atoms with Crippen molar-refractivity contribution >= 4 is 35.1 Å². The topological polar surface area (TPSA) is 55.4 Å². The SMILES string of the molecule is C[C@@H]1C[C@@H]1C(=O)OCC(=O)NCc1ccc(Cl)cc1Cl. The molecule has 1 N–H and O–H groups in total. The molecular weight excluding hydrogens is 301 g/mol. The van der Waals surface area contributed by atoms with Crippen LogP contribution >= 0.6 is 23.2 Å². The summed E-state index contributed by atoms with van der Waals surface area (Å²) in [5.41, 5.74) is 0.756. The molecule has 20 heavy (non-hydrogen) atoms. The smallest absolute Gasteiger partial charge is 0.309 e. The molecule has 0 bridgehead atoms. The van der Waals surface area contributed by atoms with Gasteiger partial charge in [0.05, 0.1) is 5.92 Å². The number of carbonyl (C=O) groups excluding carboxylic acids is 2. The first kappa shape index (κ1) is 15.1. The molecule has 1 fully saturated rings. The highest BCUT2D eigenvalue weighted by molar-refractivity contribution is 6.35. The van der Waals surface area contributed by atoms with Crippen LogP contribution in [0.15, 0.2) is 18.2 Å². The van der Waals surface area contributed by atoms with Gasteiger partial charge in [-0.2, -0.15) is 0 Å². The third-order valence-corrected chi connectivity index (χ3v) is 3.84. The predicted octanol–water partition coefficient (Wildman–Crippen LogP) is 2.81. The standard InChI is InChI=1S/C14H15Cl2NO3/c1-8-4-11(8)14(19)20-7-13(18)17-6-9-2-3-10(15)5-12(9)16/h2-3,5,8,11H,4,6-7H2,1H3,(H,17,18)/t8-,11+/m1/s1. The van der Waals surface area contributed by atoms with Crippen molar-refractivity contribution in [1.82, 2.24) is 5.32 Å². The van der Waals surface area contributed by atoms with E-state index in [0.29, 0.717) is 16.0 Å². The molecule has 1 saturated carbocycles. The number of nitrogens with one attached hydrogen (secondary N) is 1. The number of amides is 1. The van der Waals surface area contributed by atoms with Gasteiger partial charge in [0, 0.05) is 16.6 Å². The van der Waals surface area contributed by atoms with Crippen molar-refractivity contribution in [3.8, 4) is 0 Å². The van der Waals surface area contributed by atoms with Crippen LogP contribution in [0.3, 0.4) is 0 Å². The molecular formula is C14H15Cl2NO3. The first-order valence-corrected chi connectivity index (χ1v) is 7.10. The van der Waals surface area contributed by atoms with Crippen molar-refractivity contribution in [2.24, 2.45) is 11.8 Å². The van der Waals surface area contributed by atoms with Crippen molar-refractivity contribution in [2.75, 3.05) is 6.61 Å². The third kappa shape index (κ3) is 4.12. The molecule has 0 aromatic heterocycles. The minimum absolute atomic E-state index is 0.0338. The van der Waals surface area contributed by atoms with E-state index in [0.717, 1.165) is 12.0 Å². The summed E-state index contributed by atoms with van der Waals surface area (Å²) < 4.78 is 4.93. The lowest BCUT2D eigenvalue weighted by molar-refractivity contribution is -0.150. The number of hydrogen-bond acceptors (Lipinski definition) is 3. The van der Waals surface area contributed by atoms with Crippen LogP contribution < -0.4 is 5.32 Å². The molecule has 0 radical (unpaired) electrons. The first-order chi connectivity index (χ1) is 9.47. The Bertz CT molecular complexity index is 533. The molecule has 0 unspecified atom stereocenters. The van der Waals surface area contributed by atoms with Gasteiger partial charge in [-0.25, -0.2) is 0 Å². The quantitative estimate of drug-likeness (QED) is 0.850. The van der Waals surface area contributed by atoms with E-state index in [1.807, 2.05) is 6.92 Å². The Morgan fingerprint density at radius 3 is 2.70 bits per heavy atom. The Balaban J connectivity index is 1.73. The van der Waals surface area contributed by atoms with Gasteiger partial charge in [0.25, 0.3) is 5.91 Å². The molecule has 6 heteroatoms. The number of carbonyl (C=O) groups is 2. The van der Waals surface area contributed by atoms with E-state index in [9.17, 15) is 9.59 Å². The molecule has 2 atom stereocenters. The van der Waals surface area contributed by atoms with Gasteiger partial charge in [0.2, 0.25) is 0 Å². The van der Waals surface area contributed by atoms with Gasteiger partial charge in [-0.3, -0.25) is 9.59 Å². The number of hydrogen-bond donors (Lipinski definition) is 1. The molecule has 2 rings (SSSR count). The summed E-state index contributed by atoms with van der Waals surface area (Å²) in [5.74, 6) is -0.304. The van der Waals surface area contributed by atoms with Gasteiger partial charge < -0.3 is 10.1 Å². The van der Waals surface area contributed by atoms with Gasteiger partial charge >= 0.3 is 5.97 Å². The van der Waals surface area contributed by atoms with Crippen molar-refractivity contribution in [3.05, 3.63) is 33.8 Å². The zero-order valence-electron chi connectivity index (χ0n) is 11.0. The van der Waals surface area contributed by atoms with Gasteiger partial charge in [-0.1, -0.05) is 36.2 Å². The monoisotopic (exact) mass is 315 g/mol. The van der Waals surface area contributed by atoms with Crippen molar-refractivity contribution in [3.63, 3.8) is 0 Å². The summed E-state index contributed by atoms with van der Waals surface area (Å²) in [6.45, 7) is 1.99. The lowest BCUT2D eigenvalue weighted by Crippen LogP contribution is -2.28. The maximum Gasteiger partial charge on any atom is 0.309 e. The Kier molecular flexibility index (Phi) is 4.89. The zero-order chi connectivity index (χ0) is 14.7. The Morgan fingerprint density at radius 2 is 2.10 bits per heavy atom. The van der Waals surface area contributed by atoms with Crippen LogP contribution in [0.1, 0.15) is 18.9 Å². The van der Waals surface area contributed by atoms with Crippen LogP contribution in [0.4, 0.5) is 0 Å². The fourth-order valence-corrected chi connectivity index (χ4v) is 2.28. The summed E-state index contributed by atoms with van der Waals surface area (Å²) in [7, 11) is 0. The Hall–Kier alpha value is -1.26. The number of benzene rings is 1. The number of esters is 1. The first-order valence-electron chi connectivity index (χ1n) is 6.34. The lowest BCUT2D eigenvalue weighted by Gasteiger charge is -2.08. The normalized spacial score (nSPS) is 20.4. The molecule has 108 valence electrons. The van der Waals surface area contributed by atoms with Crippen LogP contribution in [-0.2, 0) is 20.9 Å². The predicted molar refractivity (Wildman–Crippen MR) is 76.5 cm³/mol. The van der Waals surface area contributed by atoms with E-state index < -0.39 is 0 Å². The fourth-order valence-electron chi connectivity index (χ4n) is 1.80. The molecule has 0 aliphatic heterocycles. The molecule has 0 heterocycles. The van der Waals surface area contributed by atoms with E-state index in [1.54, 1.807) is 18.2 Å². The van der Waals surface area contributed by atoms with E-state index in [4.69, 9.17) is 27.9 Å². The summed E-state index contributed by atoms with van der Waals surface area (Å²) >= 11 is 11.8. The van der Waals surface area contributed by atoms with Crippen molar-refractivity contribution in [2.45, 2.75) is 19.9 Å². The Labute approximate surface area is 127 Å². The maximum absolute atomic E-state index is 11.6. The van der Waals surface area contributed by atoms with Gasteiger partial charge in [-0.15, -0.1) is 0 Å². The highest BCUT2D eigenvalue weighted by atomic mass is 35.5. The molecule has 1 aliphatic rings. The van der Waals surface area contributed by atoms with E-state index in [2.05, 4.69) is 5.32 Å². The van der Waals surface area contributed by atoms with E-state index in [1.165, 1.54) is 0 Å². The molecule has 1 amide bonds. The second-order valence-electron chi connectivity index (χ2n) is 4.94. The minimum atomic E-state index is -0.349. The summed E-state index contributed by atoms with van der Waals surface area (Å²) in [5, 5.41) is 3.67. The molecule has 1 aromatic carbocycles. The highest BCUT2D eigenvalue weighted by Crippen LogP contribution is 2.38. The molecule has 1 aromatic rings. The van der Waals surface area contributed by atoms with Crippen LogP contribution in [0.5, 0.6) is 0 Å². The van der Waals surface area contributed by atoms with Crippen LogP contribution in [0, 0.1) is 11.8 Å². The third-order valence-electron chi connectivity index (χ3n) is 3.25. The second-order valence-corrected chi connectivity index (χ2v) is 5.78. The summed E-state index contributed by atoms with van der Waals surface area (Å²) in [6, 6.07) is 5.05. The highest BCUT2D eigenvalue weighted by Gasteiger charge is 2.40. The fraction of sp³-hybridized carbons (Fsp3) is 0.429. The average Bonchev–Trinajstić information content (AvgIpc) is 3.12. The van der Waals surface area contributed by atoms with Crippen LogP contribution in [0.25, 0.3) is 0 Å². The zero-order valence-corrected chi connectivity index (χ0v) is 12.5.